The fourth-order valence-corrected chi connectivity index (χ4v) is 1.07. The van der Waals surface area contributed by atoms with Crippen LogP contribution in [0.2, 0.25) is 0 Å². The van der Waals surface area contributed by atoms with E-state index < -0.39 is 6.14 Å². The quantitative estimate of drug-likeness (QED) is 0.697. The molecule has 0 saturated carbocycles. The maximum absolute atomic E-state index is 12.4. The third-order valence-electron chi connectivity index (χ3n) is 1.66. The summed E-state index contributed by atoms with van der Waals surface area (Å²) in [5, 5.41) is 0. The number of benzene rings is 1. The Morgan fingerprint density at radius 1 is 1.50 bits per heavy atom. The molecule has 4 heteroatoms. The molecule has 1 aromatic heterocycles. The van der Waals surface area contributed by atoms with Crippen LogP contribution < -0.4 is 5.73 Å². The predicted octanol–water partition coefficient (Wildman–Crippen LogP) is 1.43. The lowest BCUT2D eigenvalue weighted by atomic mass is 10.2. The molecule has 1 heterocycles. The largest absolute Gasteiger partial charge is 0.415 e. The first kappa shape index (κ1) is 7.24. The number of halogens is 1. The smallest absolute Gasteiger partial charge is 0.382 e. The van der Waals surface area contributed by atoms with E-state index in [-0.39, 0.29) is 0 Å². The van der Waals surface area contributed by atoms with Gasteiger partial charge < -0.3 is 10.2 Å². The minimum absolute atomic E-state index is 0.421. The molecule has 2 rings (SSSR count). The SMILES string of the molecule is NCc1ccc2oc(F)nc2c1. The molecule has 0 radical (unpaired) electrons. The molecule has 1 aromatic carbocycles. The van der Waals surface area contributed by atoms with E-state index in [0.717, 1.165) is 5.56 Å². The molecule has 0 unspecified atom stereocenters. The van der Waals surface area contributed by atoms with Crippen molar-refractivity contribution in [1.29, 1.82) is 0 Å². The molecule has 0 spiro atoms. The molecule has 0 fully saturated rings. The Kier molecular flexibility index (Phi) is 1.55. The topological polar surface area (TPSA) is 52.0 Å². The van der Waals surface area contributed by atoms with E-state index in [2.05, 4.69) is 9.40 Å². The Labute approximate surface area is 68.0 Å². The molecule has 0 aliphatic rings. The van der Waals surface area contributed by atoms with E-state index in [9.17, 15) is 4.39 Å². The molecule has 0 aliphatic heterocycles. The lowest BCUT2D eigenvalue weighted by Gasteiger charge is -1.92. The van der Waals surface area contributed by atoms with Crippen LogP contribution in [-0.4, -0.2) is 4.98 Å². The molecular formula is C8H7FN2O. The lowest BCUT2D eigenvalue weighted by molar-refractivity contribution is 0.355. The van der Waals surface area contributed by atoms with Gasteiger partial charge in [0.1, 0.15) is 5.52 Å². The monoisotopic (exact) mass is 166 g/mol. The summed E-state index contributed by atoms with van der Waals surface area (Å²) in [5.41, 5.74) is 7.27. The van der Waals surface area contributed by atoms with Gasteiger partial charge in [-0.3, -0.25) is 0 Å². The number of rotatable bonds is 1. The zero-order chi connectivity index (χ0) is 8.55. The second-order valence-corrected chi connectivity index (χ2v) is 2.47. The van der Waals surface area contributed by atoms with Crippen molar-refractivity contribution < 1.29 is 8.81 Å². The van der Waals surface area contributed by atoms with E-state index in [0.29, 0.717) is 17.6 Å². The summed E-state index contributed by atoms with van der Waals surface area (Å²) in [5.74, 6) is 0. The van der Waals surface area contributed by atoms with E-state index in [4.69, 9.17) is 5.73 Å². The minimum Gasteiger partial charge on any atom is -0.415 e. The van der Waals surface area contributed by atoms with Crippen LogP contribution in [0.3, 0.4) is 0 Å². The first-order valence-corrected chi connectivity index (χ1v) is 3.54. The number of nitrogens with two attached hydrogens (primary N) is 1. The van der Waals surface area contributed by atoms with Gasteiger partial charge in [-0.05, 0) is 17.7 Å². The number of aromatic nitrogens is 1. The Morgan fingerprint density at radius 3 is 3.08 bits per heavy atom. The van der Waals surface area contributed by atoms with Crippen LogP contribution in [-0.2, 0) is 6.54 Å². The third-order valence-corrected chi connectivity index (χ3v) is 1.66. The van der Waals surface area contributed by atoms with Gasteiger partial charge in [-0.25, -0.2) is 0 Å². The van der Waals surface area contributed by atoms with Gasteiger partial charge in [0.05, 0.1) is 0 Å². The summed E-state index contributed by atoms with van der Waals surface area (Å²) >= 11 is 0. The van der Waals surface area contributed by atoms with Crippen molar-refractivity contribution in [3.8, 4) is 0 Å². The number of hydrogen-bond acceptors (Lipinski definition) is 3. The second-order valence-electron chi connectivity index (χ2n) is 2.47. The predicted molar refractivity (Wildman–Crippen MR) is 41.9 cm³/mol. The Hall–Kier alpha value is -1.42. The number of oxazole rings is 1. The zero-order valence-corrected chi connectivity index (χ0v) is 6.25. The van der Waals surface area contributed by atoms with Crippen molar-refractivity contribution in [2.45, 2.75) is 6.54 Å². The second kappa shape index (κ2) is 2.57. The summed E-state index contributed by atoms with van der Waals surface area (Å²) in [4.78, 5) is 3.53. The highest BCUT2D eigenvalue weighted by atomic mass is 19.1. The van der Waals surface area contributed by atoms with Gasteiger partial charge in [0.15, 0.2) is 5.58 Å². The van der Waals surface area contributed by atoms with E-state index >= 15 is 0 Å². The molecule has 0 amide bonds. The van der Waals surface area contributed by atoms with Crippen LogP contribution in [0.1, 0.15) is 5.56 Å². The summed E-state index contributed by atoms with van der Waals surface area (Å²) in [7, 11) is 0. The van der Waals surface area contributed by atoms with Crippen LogP contribution in [0.5, 0.6) is 0 Å². The number of nitrogens with zero attached hydrogens (tertiary/aromatic N) is 1. The Balaban J connectivity index is 2.66. The Morgan fingerprint density at radius 2 is 2.33 bits per heavy atom. The van der Waals surface area contributed by atoms with Crippen LogP contribution in [0.25, 0.3) is 11.1 Å². The highest BCUT2D eigenvalue weighted by Gasteiger charge is 2.03. The first-order valence-electron chi connectivity index (χ1n) is 3.54. The van der Waals surface area contributed by atoms with Gasteiger partial charge >= 0.3 is 6.14 Å². The van der Waals surface area contributed by atoms with Gasteiger partial charge in [0, 0.05) is 6.54 Å². The van der Waals surface area contributed by atoms with E-state index in [1.165, 1.54) is 0 Å². The molecule has 2 aromatic rings. The van der Waals surface area contributed by atoms with Gasteiger partial charge in [-0.2, -0.15) is 4.98 Å². The summed E-state index contributed by atoms with van der Waals surface area (Å²) < 4.78 is 17.1. The molecule has 3 nitrogen and oxygen atoms in total. The average molecular weight is 166 g/mol. The summed E-state index contributed by atoms with van der Waals surface area (Å²) in [6, 6.07) is 5.16. The van der Waals surface area contributed by atoms with Gasteiger partial charge in [0.25, 0.3) is 0 Å². The summed E-state index contributed by atoms with van der Waals surface area (Å²) in [6.45, 7) is 0.421. The maximum atomic E-state index is 12.4. The van der Waals surface area contributed by atoms with Gasteiger partial charge in [0.2, 0.25) is 0 Å². The minimum atomic E-state index is -0.806. The zero-order valence-electron chi connectivity index (χ0n) is 6.25. The molecule has 0 aliphatic carbocycles. The van der Waals surface area contributed by atoms with Gasteiger partial charge in [-0.15, -0.1) is 4.39 Å². The van der Waals surface area contributed by atoms with Crippen LogP contribution >= 0.6 is 0 Å². The van der Waals surface area contributed by atoms with Crippen molar-refractivity contribution in [2.75, 3.05) is 0 Å². The third kappa shape index (κ3) is 1.06. The molecule has 12 heavy (non-hydrogen) atoms. The van der Waals surface area contributed by atoms with Crippen molar-refractivity contribution in [2.24, 2.45) is 5.73 Å². The maximum Gasteiger partial charge on any atom is 0.382 e. The summed E-state index contributed by atoms with van der Waals surface area (Å²) in [6.07, 6.45) is -0.806. The van der Waals surface area contributed by atoms with E-state index in [1.54, 1.807) is 18.2 Å². The Bertz CT molecular complexity index is 410. The van der Waals surface area contributed by atoms with Gasteiger partial charge in [-0.1, -0.05) is 6.07 Å². The van der Waals surface area contributed by atoms with Crippen molar-refractivity contribution in [1.82, 2.24) is 4.98 Å². The highest BCUT2D eigenvalue weighted by Crippen LogP contribution is 2.15. The molecule has 0 bridgehead atoms. The molecule has 0 saturated heterocycles. The number of hydrogen-bond donors (Lipinski definition) is 1. The first-order chi connectivity index (χ1) is 5.79. The fourth-order valence-electron chi connectivity index (χ4n) is 1.07. The standard InChI is InChI=1S/C8H7FN2O/c9-8-11-6-3-5(4-10)1-2-7(6)12-8/h1-3H,4,10H2. The van der Waals surface area contributed by atoms with Crippen LogP contribution in [0.4, 0.5) is 4.39 Å². The fraction of sp³-hybridized carbons (Fsp3) is 0.125. The molecule has 2 N–H and O–H groups in total. The van der Waals surface area contributed by atoms with Crippen molar-refractivity contribution in [3.63, 3.8) is 0 Å². The van der Waals surface area contributed by atoms with Crippen LogP contribution in [0.15, 0.2) is 22.6 Å². The lowest BCUT2D eigenvalue weighted by Crippen LogP contribution is -1.94. The van der Waals surface area contributed by atoms with Crippen molar-refractivity contribution >= 4 is 11.1 Å². The number of fused-ring (bicyclic) bond motifs is 1. The van der Waals surface area contributed by atoms with Crippen molar-refractivity contribution in [3.05, 3.63) is 29.9 Å². The van der Waals surface area contributed by atoms with E-state index in [1.807, 2.05) is 0 Å². The average Bonchev–Trinajstić information content (AvgIpc) is 2.43. The normalized spacial score (nSPS) is 10.8. The molecule has 62 valence electrons. The molecular weight excluding hydrogens is 159 g/mol. The highest BCUT2D eigenvalue weighted by molar-refractivity contribution is 5.72. The van der Waals surface area contributed by atoms with Crippen LogP contribution in [0, 0.1) is 6.14 Å². The molecule has 0 atom stereocenters.